The molecule has 1 amide bonds. The molecule has 0 spiro atoms. The molecule has 0 N–H and O–H groups in total. The molecule has 19 heavy (non-hydrogen) atoms. The summed E-state index contributed by atoms with van der Waals surface area (Å²) in [5.41, 5.74) is 1.02. The van der Waals surface area contributed by atoms with Crippen molar-refractivity contribution in [2.45, 2.75) is 23.5 Å². The Kier molecular flexibility index (Phi) is 5.94. The topological polar surface area (TPSA) is 29.5 Å². The number of rotatable bonds is 3. The van der Waals surface area contributed by atoms with Gasteiger partial charge in [-0.25, -0.2) is 4.79 Å². The summed E-state index contributed by atoms with van der Waals surface area (Å²) in [7, 11) is 0. The molecular formula is C14H17BrINO2. The number of halogens is 2. The van der Waals surface area contributed by atoms with Crippen LogP contribution < -0.4 is 0 Å². The van der Waals surface area contributed by atoms with Gasteiger partial charge in [0.05, 0.1) is 4.05 Å². The van der Waals surface area contributed by atoms with Crippen LogP contribution in [0.25, 0.3) is 0 Å². The number of piperidine rings is 1. The number of benzene rings is 1. The van der Waals surface area contributed by atoms with Crippen LogP contribution in [0.4, 0.5) is 4.79 Å². The van der Waals surface area contributed by atoms with E-state index in [0.29, 0.717) is 12.5 Å². The van der Waals surface area contributed by atoms with Gasteiger partial charge in [0.15, 0.2) is 0 Å². The van der Waals surface area contributed by atoms with E-state index in [2.05, 4.69) is 38.5 Å². The molecule has 1 aliphatic heterocycles. The number of amides is 1. The van der Waals surface area contributed by atoms with Gasteiger partial charge in [0.2, 0.25) is 0 Å². The summed E-state index contributed by atoms with van der Waals surface area (Å²) < 4.78 is 5.61. The largest absolute Gasteiger partial charge is 0.445 e. The second kappa shape index (κ2) is 7.47. The second-order valence-electron chi connectivity index (χ2n) is 4.71. The summed E-state index contributed by atoms with van der Waals surface area (Å²) in [5.74, 6) is 0.667. The minimum Gasteiger partial charge on any atom is -0.445 e. The Morgan fingerprint density at radius 1 is 1.42 bits per heavy atom. The summed E-state index contributed by atoms with van der Waals surface area (Å²) in [6.07, 6.45) is 1.88. The Bertz CT molecular complexity index is 415. The van der Waals surface area contributed by atoms with Crippen molar-refractivity contribution < 1.29 is 9.53 Å². The van der Waals surface area contributed by atoms with Crippen LogP contribution in [-0.4, -0.2) is 26.9 Å². The fraction of sp³-hybridized carbons (Fsp3) is 0.500. The Morgan fingerprint density at radius 2 is 2.16 bits per heavy atom. The van der Waals surface area contributed by atoms with Crippen LogP contribution in [0.15, 0.2) is 30.3 Å². The monoisotopic (exact) mass is 437 g/mol. The number of nitrogens with zero attached hydrogens (tertiary/aromatic N) is 1. The minimum absolute atomic E-state index is 0.198. The van der Waals surface area contributed by atoms with E-state index in [4.69, 9.17) is 4.74 Å². The predicted octanol–water partition coefficient (Wildman–Crippen LogP) is 4.19. The number of carbonyl (C=O) groups excluding carboxylic acids is 1. The molecule has 1 aromatic rings. The Labute approximate surface area is 136 Å². The third kappa shape index (κ3) is 4.34. The third-order valence-electron chi connectivity index (χ3n) is 3.30. The molecule has 0 radical (unpaired) electrons. The van der Waals surface area contributed by atoms with Crippen molar-refractivity contribution in [2.24, 2.45) is 5.92 Å². The van der Waals surface area contributed by atoms with Crippen molar-refractivity contribution in [1.82, 2.24) is 4.90 Å². The highest BCUT2D eigenvalue weighted by atomic mass is 127. The molecule has 1 heterocycles. The molecule has 104 valence electrons. The smallest absolute Gasteiger partial charge is 0.410 e. The first kappa shape index (κ1) is 15.1. The molecule has 1 saturated heterocycles. The highest BCUT2D eigenvalue weighted by Crippen LogP contribution is 2.28. The lowest BCUT2D eigenvalue weighted by molar-refractivity contribution is 0.0808. The molecular weight excluding hydrogens is 421 g/mol. The summed E-state index contributed by atoms with van der Waals surface area (Å²) in [6, 6.07) is 9.78. The molecule has 2 unspecified atom stereocenters. The molecule has 0 bridgehead atoms. The van der Waals surface area contributed by atoms with Crippen LogP contribution >= 0.6 is 38.5 Å². The van der Waals surface area contributed by atoms with Crippen molar-refractivity contribution >= 4 is 44.6 Å². The number of hydrogen-bond acceptors (Lipinski definition) is 2. The molecule has 2 atom stereocenters. The van der Waals surface area contributed by atoms with Gasteiger partial charge in [0.25, 0.3) is 0 Å². The minimum atomic E-state index is -0.198. The van der Waals surface area contributed by atoms with Gasteiger partial charge in [-0.2, -0.15) is 0 Å². The summed E-state index contributed by atoms with van der Waals surface area (Å²) in [6.45, 7) is 1.14. The van der Waals surface area contributed by atoms with Crippen molar-refractivity contribution in [3.05, 3.63) is 35.9 Å². The molecule has 1 aliphatic rings. The Morgan fingerprint density at radius 3 is 2.79 bits per heavy atom. The number of alkyl halides is 2. The average molecular weight is 438 g/mol. The van der Waals surface area contributed by atoms with Crippen molar-refractivity contribution in [3.8, 4) is 0 Å². The van der Waals surface area contributed by atoms with E-state index >= 15 is 0 Å². The number of ether oxygens (including phenoxy) is 1. The highest BCUT2D eigenvalue weighted by Gasteiger charge is 2.30. The zero-order valence-electron chi connectivity index (χ0n) is 10.6. The van der Waals surface area contributed by atoms with Crippen LogP contribution in [0, 0.1) is 5.92 Å². The van der Waals surface area contributed by atoms with Crippen LogP contribution in [0.3, 0.4) is 0 Å². The summed E-state index contributed by atoms with van der Waals surface area (Å²) >= 11 is 5.85. The van der Waals surface area contributed by atoms with Gasteiger partial charge < -0.3 is 4.74 Å². The second-order valence-corrected chi connectivity index (χ2v) is 6.80. The molecule has 1 aromatic carbocycles. The van der Waals surface area contributed by atoms with Crippen molar-refractivity contribution in [2.75, 3.05) is 11.9 Å². The van der Waals surface area contributed by atoms with Gasteiger partial charge in [0.1, 0.15) is 6.61 Å². The van der Waals surface area contributed by atoms with Crippen LogP contribution in [0.2, 0.25) is 0 Å². The maximum atomic E-state index is 12.1. The molecule has 3 nitrogen and oxygen atoms in total. The fourth-order valence-electron chi connectivity index (χ4n) is 2.13. The zero-order chi connectivity index (χ0) is 13.7. The molecule has 2 rings (SSSR count). The van der Waals surface area contributed by atoms with Crippen LogP contribution in [0.5, 0.6) is 0 Å². The van der Waals surface area contributed by atoms with Gasteiger partial charge in [0, 0.05) is 11.9 Å². The number of carbonyl (C=O) groups is 1. The Hall–Kier alpha value is -0.300. The first-order valence-electron chi connectivity index (χ1n) is 6.38. The molecule has 1 fully saturated rings. The lowest BCUT2D eigenvalue weighted by atomic mass is 10.00. The SMILES string of the molecule is O=C(OCc1ccccc1)N1CCC(CBr)CC1I. The van der Waals surface area contributed by atoms with E-state index in [9.17, 15) is 4.79 Å². The van der Waals surface area contributed by atoms with E-state index in [-0.39, 0.29) is 10.1 Å². The van der Waals surface area contributed by atoms with Gasteiger partial charge in [-0.3, -0.25) is 4.90 Å². The lowest BCUT2D eigenvalue weighted by Crippen LogP contribution is -2.43. The first-order valence-corrected chi connectivity index (χ1v) is 8.74. The van der Waals surface area contributed by atoms with Crippen LogP contribution in [-0.2, 0) is 11.3 Å². The molecule has 0 aromatic heterocycles. The van der Waals surface area contributed by atoms with E-state index in [0.717, 1.165) is 30.3 Å². The van der Waals surface area contributed by atoms with Crippen molar-refractivity contribution in [3.63, 3.8) is 0 Å². The summed E-state index contributed by atoms with van der Waals surface area (Å²) in [4.78, 5) is 13.9. The molecule has 5 heteroatoms. The van der Waals surface area contributed by atoms with Gasteiger partial charge in [-0.1, -0.05) is 68.9 Å². The van der Waals surface area contributed by atoms with Gasteiger partial charge in [-0.05, 0) is 24.3 Å². The maximum absolute atomic E-state index is 12.1. The molecule has 0 saturated carbocycles. The lowest BCUT2D eigenvalue weighted by Gasteiger charge is -2.35. The van der Waals surface area contributed by atoms with E-state index in [1.807, 2.05) is 35.2 Å². The van der Waals surface area contributed by atoms with Crippen molar-refractivity contribution in [1.29, 1.82) is 0 Å². The number of likely N-dealkylation sites (tertiary alicyclic amines) is 1. The first-order chi connectivity index (χ1) is 9.20. The summed E-state index contributed by atoms with van der Waals surface area (Å²) in [5, 5.41) is 1.01. The normalized spacial score (nSPS) is 23.2. The Balaban J connectivity index is 1.83. The standard InChI is InChI=1S/C14H17BrINO2/c15-9-12-6-7-17(13(16)8-12)14(18)19-10-11-4-2-1-3-5-11/h1-5,12-13H,6-10H2. The molecule has 0 aliphatic carbocycles. The van der Waals surface area contributed by atoms with E-state index < -0.39 is 0 Å². The fourth-order valence-corrected chi connectivity index (χ4v) is 3.94. The van der Waals surface area contributed by atoms with E-state index in [1.54, 1.807) is 0 Å². The third-order valence-corrected chi connectivity index (χ3v) is 5.40. The average Bonchev–Trinajstić information content (AvgIpc) is 2.45. The predicted molar refractivity (Wildman–Crippen MR) is 87.7 cm³/mol. The quantitative estimate of drug-likeness (QED) is 0.403. The van der Waals surface area contributed by atoms with Gasteiger partial charge >= 0.3 is 6.09 Å². The maximum Gasteiger partial charge on any atom is 0.410 e. The van der Waals surface area contributed by atoms with Crippen LogP contribution in [0.1, 0.15) is 18.4 Å². The zero-order valence-corrected chi connectivity index (χ0v) is 14.3. The van der Waals surface area contributed by atoms with Gasteiger partial charge in [-0.15, -0.1) is 0 Å². The number of hydrogen-bond donors (Lipinski definition) is 0. The highest BCUT2D eigenvalue weighted by molar-refractivity contribution is 14.1. The van der Waals surface area contributed by atoms with E-state index in [1.165, 1.54) is 0 Å².